The molecule has 1 heterocycles. The predicted molar refractivity (Wildman–Crippen MR) is 73.3 cm³/mol. The first-order valence-electron chi connectivity index (χ1n) is 6.67. The summed E-state index contributed by atoms with van der Waals surface area (Å²) in [6.07, 6.45) is 1.19. The van der Waals surface area contributed by atoms with Crippen LogP contribution in [0.25, 0.3) is 0 Å². The van der Waals surface area contributed by atoms with E-state index in [0.29, 0.717) is 12.8 Å². The summed E-state index contributed by atoms with van der Waals surface area (Å²) in [5.74, 6) is 0. The topological polar surface area (TPSA) is 93.1 Å². The van der Waals surface area contributed by atoms with E-state index in [9.17, 15) is 18.9 Å². The van der Waals surface area contributed by atoms with Crippen LogP contribution in [0.5, 0.6) is 0 Å². The van der Waals surface area contributed by atoms with Gasteiger partial charge in [0.25, 0.3) is 0 Å². The monoisotopic (exact) mass is 314 g/mol. The molecule has 8 heteroatoms. The normalized spacial score (nSPS) is 34.6. The van der Waals surface area contributed by atoms with Gasteiger partial charge in [0.1, 0.15) is 0 Å². The SMILES string of the molecule is CCOP1(=O)OC(CC)(P(=O)(O)O)CC1(CC)CC. The lowest BCUT2D eigenvalue weighted by molar-refractivity contribution is 0.110. The van der Waals surface area contributed by atoms with Crippen molar-refractivity contribution < 1.29 is 28.0 Å². The van der Waals surface area contributed by atoms with Gasteiger partial charge in [-0.15, -0.1) is 0 Å². The van der Waals surface area contributed by atoms with Crippen LogP contribution in [0, 0.1) is 0 Å². The summed E-state index contributed by atoms with van der Waals surface area (Å²) < 4.78 is 35.5. The Morgan fingerprint density at radius 1 is 1.21 bits per heavy atom. The maximum absolute atomic E-state index is 13.0. The zero-order valence-corrected chi connectivity index (χ0v) is 13.7. The van der Waals surface area contributed by atoms with Crippen molar-refractivity contribution in [3.63, 3.8) is 0 Å². The molecule has 114 valence electrons. The third-order valence-corrected chi connectivity index (χ3v) is 9.09. The highest BCUT2D eigenvalue weighted by atomic mass is 31.2. The van der Waals surface area contributed by atoms with Crippen molar-refractivity contribution in [1.82, 2.24) is 0 Å². The highest BCUT2D eigenvalue weighted by molar-refractivity contribution is 7.59. The lowest BCUT2D eigenvalue weighted by Gasteiger charge is -2.30. The molecule has 6 nitrogen and oxygen atoms in total. The fourth-order valence-electron chi connectivity index (χ4n) is 2.74. The Balaban J connectivity index is 3.36. The Kier molecular flexibility index (Phi) is 5.11. The summed E-state index contributed by atoms with van der Waals surface area (Å²) in [6, 6.07) is 0. The standard InChI is InChI=1S/C11H24O6P2/c1-5-10(6-2)9-11(7-3,18(12,13)14)17-19(10,15)16-8-4/h5-9H2,1-4H3,(H2,12,13,14). The van der Waals surface area contributed by atoms with E-state index in [-0.39, 0.29) is 19.4 Å². The minimum absolute atomic E-state index is 0.0745. The van der Waals surface area contributed by atoms with E-state index in [1.807, 2.05) is 13.8 Å². The summed E-state index contributed by atoms with van der Waals surface area (Å²) >= 11 is 0. The molecule has 1 aliphatic heterocycles. The molecule has 2 unspecified atom stereocenters. The second-order valence-corrected chi connectivity index (χ2v) is 9.25. The highest BCUT2D eigenvalue weighted by Gasteiger charge is 2.67. The molecule has 0 aliphatic carbocycles. The molecular formula is C11H24O6P2. The smallest absolute Gasteiger partial charge is 0.322 e. The average molecular weight is 314 g/mol. The van der Waals surface area contributed by atoms with Gasteiger partial charge in [0, 0.05) is 6.42 Å². The Labute approximate surface area is 114 Å². The van der Waals surface area contributed by atoms with Crippen LogP contribution in [-0.2, 0) is 18.2 Å². The van der Waals surface area contributed by atoms with Gasteiger partial charge in [-0.05, 0) is 26.2 Å². The summed E-state index contributed by atoms with van der Waals surface area (Å²) in [5.41, 5.74) is 0. The van der Waals surface area contributed by atoms with Crippen molar-refractivity contribution >= 4 is 15.2 Å². The molecule has 19 heavy (non-hydrogen) atoms. The first-order valence-corrected chi connectivity index (χ1v) is 9.82. The largest absolute Gasteiger partial charge is 0.357 e. The second-order valence-electron chi connectivity index (χ2n) is 4.96. The number of hydrogen-bond acceptors (Lipinski definition) is 4. The highest BCUT2D eigenvalue weighted by Crippen LogP contribution is 2.79. The van der Waals surface area contributed by atoms with Crippen molar-refractivity contribution in [3.05, 3.63) is 0 Å². The first kappa shape index (κ1) is 17.4. The van der Waals surface area contributed by atoms with E-state index in [4.69, 9.17) is 9.05 Å². The van der Waals surface area contributed by atoms with Gasteiger partial charge in [-0.2, -0.15) is 0 Å². The van der Waals surface area contributed by atoms with Crippen LogP contribution in [0.4, 0.5) is 0 Å². The zero-order valence-electron chi connectivity index (χ0n) is 12.0. The molecule has 1 aliphatic rings. The van der Waals surface area contributed by atoms with Gasteiger partial charge >= 0.3 is 15.2 Å². The Hall–Kier alpha value is 0.300. The maximum atomic E-state index is 13.0. The average Bonchev–Trinajstić information content (AvgIpc) is 2.60. The number of rotatable bonds is 6. The molecule has 0 aromatic carbocycles. The number of hydrogen-bond donors (Lipinski definition) is 2. The minimum atomic E-state index is -4.53. The van der Waals surface area contributed by atoms with Gasteiger partial charge in [0.15, 0.2) is 5.34 Å². The quantitative estimate of drug-likeness (QED) is 0.729. The molecule has 0 amide bonds. The molecule has 0 bridgehead atoms. The Morgan fingerprint density at radius 2 is 1.74 bits per heavy atom. The van der Waals surface area contributed by atoms with Gasteiger partial charge < -0.3 is 14.3 Å². The molecule has 1 fully saturated rings. The lowest BCUT2D eigenvalue weighted by atomic mass is 9.93. The van der Waals surface area contributed by atoms with Crippen LogP contribution in [0.2, 0.25) is 0 Å². The first-order chi connectivity index (χ1) is 8.66. The van der Waals surface area contributed by atoms with Crippen LogP contribution in [0.15, 0.2) is 0 Å². The van der Waals surface area contributed by atoms with Gasteiger partial charge in [-0.25, -0.2) is 0 Å². The molecule has 2 N–H and O–H groups in total. The third kappa shape index (κ3) is 2.59. The Morgan fingerprint density at radius 3 is 2.05 bits per heavy atom. The van der Waals surface area contributed by atoms with Crippen LogP contribution < -0.4 is 0 Å². The molecule has 1 rings (SSSR count). The van der Waals surface area contributed by atoms with Crippen molar-refractivity contribution in [2.45, 2.75) is 63.9 Å². The zero-order chi connectivity index (χ0) is 14.9. The van der Waals surface area contributed by atoms with Crippen LogP contribution >= 0.6 is 15.2 Å². The molecule has 0 saturated carbocycles. The molecule has 0 aromatic heterocycles. The van der Waals surface area contributed by atoms with Gasteiger partial charge in [-0.1, -0.05) is 20.8 Å². The fraction of sp³-hybridized carbons (Fsp3) is 1.00. The van der Waals surface area contributed by atoms with Crippen molar-refractivity contribution in [2.75, 3.05) is 6.61 Å². The molecule has 0 aromatic rings. The second kappa shape index (κ2) is 5.59. The van der Waals surface area contributed by atoms with Crippen LogP contribution in [0.1, 0.15) is 53.4 Å². The van der Waals surface area contributed by atoms with E-state index in [1.165, 1.54) is 0 Å². The van der Waals surface area contributed by atoms with Crippen molar-refractivity contribution in [2.24, 2.45) is 0 Å². The van der Waals surface area contributed by atoms with E-state index < -0.39 is 25.7 Å². The van der Waals surface area contributed by atoms with Crippen LogP contribution in [0.3, 0.4) is 0 Å². The molecule has 1 saturated heterocycles. The molecule has 0 radical (unpaired) electrons. The summed E-state index contributed by atoms with van der Waals surface area (Å²) in [5, 5.41) is -2.48. The summed E-state index contributed by atoms with van der Waals surface area (Å²) in [7, 11) is -8.07. The maximum Gasteiger partial charge on any atom is 0.357 e. The summed E-state index contributed by atoms with van der Waals surface area (Å²) in [4.78, 5) is 19.2. The predicted octanol–water partition coefficient (Wildman–Crippen LogP) is 3.48. The van der Waals surface area contributed by atoms with E-state index in [1.54, 1.807) is 13.8 Å². The summed E-state index contributed by atoms with van der Waals surface area (Å²) in [6.45, 7) is 7.23. The molecule has 0 spiro atoms. The molecule has 2 atom stereocenters. The van der Waals surface area contributed by atoms with E-state index in [2.05, 4.69) is 0 Å². The van der Waals surface area contributed by atoms with Crippen LogP contribution in [-0.4, -0.2) is 26.9 Å². The van der Waals surface area contributed by atoms with Gasteiger partial charge in [0.05, 0.1) is 11.8 Å². The van der Waals surface area contributed by atoms with Gasteiger partial charge in [0.2, 0.25) is 0 Å². The van der Waals surface area contributed by atoms with E-state index >= 15 is 0 Å². The Bertz CT molecular complexity index is 413. The van der Waals surface area contributed by atoms with Gasteiger partial charge in [-0.3, -0.25) is 13.7 Å². The van der Waals surface area contributed by atoms with Crippen molar-refractivity contribution in [3.8, 4) is 0 Å². The van der Waals surface area contributed by atoms with Crippen molar-refractivity contribution in [1.29, 1.82) is 0 Å². The lowest BCUT2D eigenvalue weighted by Crippen LogP contribution is -2.31. The van der Waals surface area contributed by atoms with E-state index in [0.717, 1.165) is 0 Å². The third-order valence-electron chi connectivity index (χ3n) is 4.17. The minimum Gasteiger partial charge on any atom is -0.322 e. The molecular weight excluding hydrogens is 290 g/mol. The fourth-order valence-corrected chi connectivity index (χ4v) is 7.25.